The molecule has 0 fully saturated rings. The third-order valence-corrected chi connectivity index (χ3v) is 6.19. The second-order valence-corrected chi connectivity index (χ2v) is 9.45. The fourth-order valence-corrected chi connectivity index (χ4v) is 4.05. The molecule has 0 aliphatic heterocycles. The lowest BCUT2D eigenvalue weighted by atomic mass is 10.2. The molecule has 41 heavy (non-hydrogen) atoms. The minimum absolute atomic E-state index is 0.667. The lowest BCUT2D eigenvalue weighted by Gasteiger charge is -2.21. The summed E-state index contributed by atoms with van der Waals surface area (Å²) in [4.78, 5) is 4.63. The number of hydrogen-bond acceptors (Lipinski definition) is 2. The van der Waals surface area contributed by atoms with E-state index in [1.165, 1.54) is 0 Å². The van der Waals surface area contributed by atoms with E-state index in [0.717, 1.165) is 41.8 Å². The van der Waals surface area contributed by atoms with Gasteiger partial charge in [0.25, 0.3) is 0 Å². The minimum Gasteiger partial charge on any atom is -0.281 e. The van der Waals surface area contributed by atoms with Crippen LogP contribution in [0.2, 0.25) is 0 Å². The highest BCUT2D eigenvalue weighted by atomic mass is 15.1. The number of hydrogen-bond donors (Lipinski definition) is 0. The lowest BCUT2D eigenvalue weighted by molar-refractivity contribution is 0.286. The van der Waals surface area contributed by atoms with E-state index in [1.54, 1.807) is 0 Å². The van der Waals surface area contributed by atoms with Gasteiger partial charge in [0.2, 0.25) is 0 Å². The molecule has 0 aliphatic rings. The van der Waals surface area contributed by atoms with Crippen molar-refractivity contribution in [3.63, 3.8) is 0 Å². The second kappa shape index (κ2) is 17.6. The normalized spacial score (nSPS) is 9.80. The van der Waals surface area contributed by atoms with Crippen LogP contribution >= 0.6 is 0 Å². The van der Waals surface area contributed by atoms with Crippen LogP contribution < -0.4 is 0 Å². The zero-order valence-corrected chi connectivity index (χ0v) is 23.4. The summed E-state index contributed by atoms with van der Waals surface area (Å²) in [5.74, 6) is 26.5. The molecule has 0 heterocycles. The van der Waals surface area contributed by atoms with E-state index in [0.29, 0.717) is 26.2 Å². The SMILES string of the molecule is C(#Cc1ccccc1)CN(CC#Cc1ccccc1)CCCN(CC#Cc1ccccc1)CC#Cc1ccccc1. The molecule has 2 nitrogen and oxygen atoms in total. The fraction of sp³-hybridized carbons (Fsp3) is 0.179. The summed E-state index contributed by atoms with van der Waals surface area (Å²) < 4.78 is 0. The van der Waals surface area contributed by atoms with E-state index in [-0.39, 0.29) is 0 Å². The molecule has 0 radical (unpaired) electrons. The Hall–Kier alpha value is -4.96. The highest BCUT2D eigenvalue weighted by Gasteiger charge is 2.06. The first kappa shape index (κ1) is 29.0. The molecule has 0 bridgehead atoms. The van der Waals surface area contributed by atoms with Crippen molar-refractivity contribution in [2.45, 2.75) is 6.42 Å². The maximum absolute atomic E-state index is 3.34. The maximum Gasteiger partial charge on any atom is 0.0613 e. The summed E-state index contributed by atoms with van der Waals surface area (Å²) in [7, 11) is 0. The zero-order chi connectivity index (χ0) is 28.2. The molecule has 0 aliphatic carbocycles. The standard InChI is InChI=1S/C39H34N2/c1-5-18-36(19-6-1)26-13-30-40(31-14-27-37-20-7-2-8-21-37)34-17-35-41(32-15-28-38-22-9-3-10-23-38)33-16-29-39-24-11-4-12-25-39/h1-12,18-25H,17,30-35H2. The topological polar surface area (TPSA) is 6.48 Å². The molecule has 4 aromatic rings. The van der Waals surface area contributed by atoms with Gasteiger partial charge in [0, 0.05) is 35.3 Å². The van der Waals surface area contributed by atoms with Gasteiger partial charge in [-0.15, -0.1) is 0 Å². The van der Waals surface area contributed by atoms with E-state index in [9.17, 15) is 0 Å². The van der Waals surface area contributed by atoms with Crippen LogP contribution in [-0.4, -0.2) is 49.1 Å². The smallest absolute Gasteiger partial charge is 0.0613 e. The van der Waals surface area contributed by atoms with Gasteiger partial charge in [-0.2, -0.15) is 0 Å². The van der Waals surface area contributed by atoms with E-state index >= 15 is 0 Å². The molecule has 0 saturated heterocycles. The lowest BCUT2D eigenvalue weighted by Crippen LogP contribution is -2.31. The predicted molar refractivity (Wildman–Crippen MR) is 171 cm³/mol. The molecular weight excluding hydrogens is 496 g/mol. The Morgan fingerprint density at radius 1 is 0.341 bits per heavy atom. The predicted octanol–water partition coefficient (Wildman–Crippen LogP) is 6.19. The molecule has 0 amide bonds. The Morgan fingerprint density at radius 3 is 0.829 bits per heavy atom. The number of rotatable bonds is 8. The summed E-state index contributed by atoms with van der Waals surface area (Å²) in [6.45, 7) is 4.45. The number of nitrogens with zero attached hydrogens (tertiary/aromatic N) is 2. The van der Waals surface area contributed by atoms with Crippen LogP contribution in [0.15, 0.2) is 121 Å². The molecule has 0 unspecified atom stereocenters. The molecule has 4 rings (SSSR count). The molecule has 0 N–H and O–H groups in total. The third kappa shape index (κ3) is 11.8. The van der Waals surface area contributed by atoms with Gasteiger partial charge in [0.15, 0.2) is 0 Å². The van der Waals surface area contributed by atoms with Gasteiger partial charge >= 0.3 is 0 Å². The van der Waals surface area contributed by atoms with Crippen LogP contribution in [0.3, 0.4) is 0 Å². The Morgan fingerprint density at radius 2 is 0.585 bits per heavy atom. The van der Waals surface area contributed by atoms with Gasteiger partial charge in [0.1, 0.15) is 0 Å². The Bertz CT molecular complexity index is 1320. The van der Waals surface area contributed by atoms with Crippen molar-refractivity contribution in [3.05, 3.63) is 144 Å². The first-order chi connectivity index (χ1) is 20.3. The van der Waals surface area contributed by atoms with Crippen molar-refractivity contribution in [1.82, 2.24) is 9.80 Å². The van der Waals surface area contributed by atoms with Gasteiger partial charge in [-0.3, -0.25) is 9.80 Å². The Labute approximate surface area is 246 Å². The van der Waals surface area contributed by atoms with E-state index < -0.39 is 0 Å². The van der Waals surface area contributed by atoms with Gasteiger partial charge in [-0.1, -0.05) is 120 Å². The number of benzene rings is 4. The Balaban J connectivity index is 1.39. The Kier molecular flexibility index (Phi) is 12.5. The van der Waals surface area contributed by atoms with E-state index in [1.807, 2.05) is 121 Å². The molecule has 0 atom stereocenters. The first-order valence-electron chi connectivity index (χ1n) is 14.0. The monoisotopic (exact) mass is 530 g/mol. The van der Waals surface area contributed by atoms with Crippen molar-refractivity contribution in [2.75, 3.05) is 39.3 Å². The molecular formula is C39H34N2. The van der Waals surface area contributed by atoms with Crippen LogP contribution in [0.25, 0.3) is 0 Å². The van der Waals surface area contributed by atoms with Crippen molar-refractivity contribution in [2.24, 2.45) is 0 Å². The fourth-order valence-electron chi connectivity index (χ4n) is 4.05. The van der Waals surface area contributed by atoms with Crippen molar-refractivity contribution in [3.8, 4) is 47.4 Å². The average Bonchev–Trinajstić information content (AvgIpc) is 3.03. The van der Waals surface area contributed by atoms with Crippen molar-refractivity contribution in [1.29, 1.82) is 0 Å². The second-order valence-electron chi connectivity index (χ2n) is 9.45. The van der Waals surface area contributed by atoms with Crippen LogP contribution in [0.4, 0.5) is 0 Å². The van der Waals surface area contributed by atoms with Crippen LogP contribution in [0.5, 0.6) is 0 Å². The van der Waals surface area contributed by atoms with Gasteiger partial charge in [-0.25, -0.2) is 0 Å². The summed E-state index contributed by atoms with van der Waals surface area (Å²) >= 11 is 0. The highest BCUT2D eigenvalue weighted by molar-refractivity contribution is 5.36. The minimum atomic E-state index is 0.667. The third-order valence-electron chi connectivity index (χ3n) is 6.19. The van der Waals surface area contributed by atoms with Crippen molar-refractivity contribution >= 4 is 0 Å². The molecule has 4 aromatic carbocycles. The average molecular weight is 531 g/mol. The summed E-state index contributed by atoms with van der Waals surface area (Å²) in [5, 5.41) is 0. The van der Waals surface area contributed by atoms with Gasteiger partial charge in [-0.05, 0) is 55.0 Å². The van der Waals surface area contributed by atoms with Gasteiger partial charge < -0.3 is 0 Å². The quantitative estimate of drug-likeness (QED) is 0.251. The molecule has 2 heteroatoms. The molecule has 200 valence electrons. The van der Waals surface area contributed by atoms with Gasteiger partial charge in [0.05, 0.1) is 26.2 Å². The van der Waals surface area contributed by atoms with Crippen molar-refractivity contribution < 1.29 is 0 Å². The summed E-state index contributed by atoms with van der Waals surface area (Å²) in [6.07, 6.45) is 0.972. The maximum atomic E-state index is 3.34. The first-order valence-corrected chi connectivity index (χ1v) is 14.0. The van der Waals surface area contributed by atoms with Crippen LogP contribution in [0, 0.1) is 47.4 Å². The molecule has 0 saturated carbocycles. The zero-order valence-electron chi connectivity index (χ0n) is 23.4. The summed E-state index contributed by atoms with van der Waals surface area (Å²) in [5.41, 5.74) is 4.12. The van der Waals surface area contributed by atoms with E-state index in [2.05, 4.69) is 57.2 Å². The van der Waals surface area contributed by atoms with E-state index in [4.69, 9.17) is 0 Å². The van der Waals surface area contributed by atoms with Crippen LogP contribution in [-0.2, 0) is 0 Å². The molecule has 0 spiro atoms. The largest absolute Gasteiger partial charge is 0.281 e. The summed E-state index contributed by atoms with van der Waals surface area (Å²) in [6, 6.07) is 40.5. The van der Waals surface area contributed by atoms with Crippen LogP contribution in [0.1, 0.15) is 28.7 Å². The highest BCUT2D eigenvalue weighted by Crippen LogP contribution is 2.01. The molecule has 0 aromatic heterocycles.